The van der Waals surface area contributed by atoms with Crippen molar-refractivity contribution in [1.29, 1.82) is 0 Å². The molecule has 0 aliphatic heterocycles. The van der Waals surface area contributed by atoms with Crippen LogP contribution >= 0.6 is 55.0 Å². The quantitative estimate of drug-likeness (QED) is 0.252. The van der Waals surface area contributed by atoms with Crippen LogP contribution in [0.5, 0.6) is 5.75 Å². The molecule has 9 heteroatoms. The molecule has 0 aliphatic carbocycles. The Hall–Kier alpha value is 0.490. The Balaban J connectivity index is 2.35. The van der Waals surface area contributed by atoms with Crippen LogP contribution in [0.25, 0.3) is 0 Å². The number of rotatable bonds is 11. The number of benzene rings is 1. The van der Waals surface area contributed by atoms with Gasteiger partial charge in [-0.2, -0.15) is 0 Å². The second-order valence-corrected chi connectivity index (χ2v) is 8.19. The number of alkyl halides is 2. The van der Waals surface area contributed by atoms with E-state index in [-0.39, 0.29) is 17.4 Å². The molecule has 23 heavy (non-hydrogen) atoms. The highest BCUT2D eigenvalue weighted by Gasteiger charge is 2.15. The predicted octanol–water partition coefficient (Wildman–Crippen LogP) is 5.90. The van der Waals surface area contributed by atoms with E-state index < -0.39 is 8.60 Å². The summed E-state index contributed by atoms with van der Waals surface area (Å²) in [5.74, 6) is 0.537. The number of ether oxygens (including phenoxy) is 1. The van der Waals surface area contributed by atoms with Gasteiger partial charge in [0.2, 0.25) is 0 Å². The average Bonchev–Trinajstić information content (AvgIpc) is 2.46. The lowest BCUT2D eigenvalue weighted by Gasteiger charge is -2.18. The highest BCUT2D eigenvalue weighted by molar-refractivity contribution is 7.41. The van der Waals surface area contributed by atoms with Crippen molar-refractivity contribution in [2.75, 3.05) is 26.4 Å². The fourth-order valence-corrected chi connectivity index (χ4v) is 3.20. The molecule has 0 amide bonds. The van der Waals surface area contributed by atoms with Gasteiger partial charge in [0.25, 0.3) is 0 Å². The standard InChI is InChI=1S/C14H19Cl4O4P/c1-10(15)8-21-23(22-9-11(2)16)20-6-5-19-14-4-3-12(17)7-13(14)18/h3-4,7,10-11H,5-6,8-9H2,1-2H3. The molecule has 0 aliphatic rings. The van der Waals surface area contributed by atoms with Crippen molar-refractivity contribution in [3.8, 4) is 5.75 Å². The van der Waals surface area contributed by atoms with E-state index in [0.29, 0.717) is 35.6 Å². The third-order valence-corrected chi connectivity index (χ3v) is 4.15. The Bertz CT molecular complexity index is 450. The second kappa shape index (κ2) is 11.9. The maximum atomic E-state index is 6.02. The van der Waals surface area contributed by atoms with Crippen LogP contribution in [0.15, 0.2) is 18.2 Å². The Labute approximate surface area is 158 Å². The van der Waals surface area contributed by atoms with Crippen molar-refractivity contribution in [2.24, 2.45) is 0 Å². The molecule has 1 aromatic carbocycles. The highest BCUT2D eigenvalue weighted by atomic mass is 35.5. The average molecular weight is 424 g/mol. The van der Waals surface area contributed by atoms with Gasteiger partial charge in [-0.3, -0.25) is 0 Å². The maximum Gasteiger partial charge on any atom is 0.332 e. The lowest BCUT2D eigenvalue weighted by atomic mass is 10.3. The van der Waals surface area contributed by atoms with Gasteiger partial charge in [0, 0.05) is 5.02 Å². The van der Waals surface area contributed by atoms with Crippen molar-refractivity contribution in [2.45, 2.75) is 24.6 Å². The minimum absolute atomic E-state index is 0.134. The molecule has 0 saturated heterocycles. The zero-order valence-corrected chi connectivity index (χ0v) is 16.7. The molecule has 0 saturated carbocycles. The molecule has 1 aromatic rings. The molecule has 0 aromatic heterocycles. The summed E-state index contributed by atoms with van der Waals surface area (Å²) in [5, 5.41) is 0.725. The first kappa shape index (κ1) is 21.5. The summed E-state index contributed by atoms with van der Waals surface area (Å²) in [6.07, 6.45) is 0. The van der Waals surface area contributed by atoms with Gasteiger partial charge in [-0.15, -0.1) is 23.2 Å². The van der Waals surface area contributed by atoms with Crippen molar-refractivity contribution in [3.05, 3.63) is 28.2 Å². The third kappa shape index (κ3) is 10.2. The molecule has 0 spiro atoms. The largest absolute Gasteiger partial charge is 0.490 e. The second-order valence-electron chi connectivity index (χ2n) is 4.63. The first-order valence-electron chi connectivity index (χ1n) is 6.93. The van der Waals surface area contributed by atoms with Crippen LogP contribution < -0.4 is 4.74 Å². The van der Waals surface area contributed by atoms with Gasteiger partial charge in [-0.05, 0) is 32.0 Å². The van der Waals surface area contributed by atoms with E-state index in [1.807, 2.05) is 13.8 Å². The van der Waals surface area contributed by atoms with Crippen LogP contribution in [0.1, 0.15) is 13.8 Å². The lowest BCUT2D eigenvalue weighted by Crippen LogP contribution is -2.11. The molecule has 2 atom stereocenters. The van der Waals surface area contributed by atoms with E-state index in [1.54, 1.807) is 18.2 Å². The maximum absolute atomic E-state index is 6.02. The third-order valence-electron chi connectivity index (χ3n) is 2.25. The summed E-state index contributed by atoms with van der Waals surface area (Å²) < 4.78 is 22.0. The Kier molecular flexibility index (Phi) is 11.2. The molecule has 132 valence electrons. The molecule has 2 unspecified atom stereocenters. The molecular weight excluding hydrogens is 405 g/mol. The monoisotopic (exact) mass is 422 g/mol. The van der Waals surface area contributed by atoms with E-state index >= 15 is 0 Å². The highest BCUT2D eigenvalue weighted by Crippen LogP contribution is 2.40. The van der Waals surface area contributed by atoms with Crippen LogP contribution in [0.4, 0.5) is 0 Å². The smallest absolute Gasteiger partial charge is 0.332 e. The van der Waals surface area contributed by atoms with Gasteiger partial charge in [-0.1, -0.05) is 23.2 Å². The Morgan fingerprint density at radius 1 is 0.957 bits per heavy atom. The Morgan fingerprint density at radius 3 is 2.09 bits per heavy atom. The van der Waals surface area contributed by atoms with Crippen LogP contribution in [0.2, 0.25) is 10.0 Å². The molecule has 0 radical (unpaired) electrons. The Morgan fingerprint density at radius 2 is 1.57 bits per heavy atom. The minimum atomic E-state index is -1.52. The first-order valence-corrected chi connectivity index (χ1v) is 9.65. The van der Waals surface area contributed by atoms with Crippen molar-refractivity contribution < 1.29 is 18.3 Å². The summed E-state index contributed by atoms with van der Waals surface area (Å²) in [6.45, 7) is 4.87. The van der Waals surface area contributed by atoms with E-state index in [9.17, 15) is 0 Å². The van der Waals surface area contributed by atoms with Crippen molar-refractivity contribution >= 4 is 55.0 Å². The minimum Gasteiger partial charge on any atom is -0.490 e. The fraction of sp³-hybridized carbons (Fsp3) is 0.571. The lowest BCUT2D eigenvalue weighted by molar-refractivity contribution is 0.141. The van der Waals surface area contributed by atoms with Gasteiger partial charge in [0.05, 0.1) is 35.6 Å². The van der Waals surface area contributed by atoms with Gasteiger partial charge in [0.15, 0.2) is 0 Å². The van der Waals surface area contributed by atoms with Gasteiger partial charge in [0.1, 0.15) is 12.4 Å². The normalized spacial score (nSPS) is 15.2. The number of hydrogen-bond donors (Lipinski definition) is 0. The van der Waals surface area contributed by atoms with E-state index in [0.717, 1.165) is 0 Å². The van der Waals surface area contributed by atoms with Gasteiger partial charge in [-0.25, -0.2) is 0 Å². The number of halogens is 4. The fourth-order valence-electron chi connectivity index (χ4n) is 1.29. The number of hydrogen-bond acceptors (Lipinski definition) is 4. The zero-order chi connectivity index (χ0) is 17.2. The predicted molar refractivity (Wildman–Crippen MR) is 97.4 cm³/mol. The molecule has 0 heterocycles. The van der Waals surface area contributed by atoms with Gasteiger partial charge >= 0.3 is 8.60 Å². The summed E-state index contributed by atoms with van der Waals surface area (Å²) in [7, 11) is -1.52. The molecule has 0 bridgehead atoms. The zero-order valence-electron chi connectivity index (χ0n) is 12.8. The topological polar surface area (TPSA) is 36.9 Å². The summed E-state index contributed by atoms with van der Waals surface area (Å²) in [4.78, 5) is 0. The van der Waals surface area contributed by atoms with E-state index in [2.05, 4.69) is 0 Å². The summed E-state index contributed by atoms with van der Waals surface area (Å²) in [6, 6.07) is 5.01. The van der Waals surface area contributed by atoms with E-state index in [4.69, 9.17) is 64.7 Å². The van der Waals surface area contributed by atoms with Gasteiger partial charge < -0.3 is 18.3 Å². The molecular formula is C14H19Cl4O4P. The van der Waals surface area contributed by atoms with Crippen LogP contribution in [-0.2, 0) is 13.6 Å². The first-order chi connectivity index (χ1) is 10.9. The molecule has 0 fully saturated rings. The van der Waals surface area contributed by atoms with Crippen molar-refractivity contribution in [3.63, 3.8) is 0 Å². The van der Waals surface area contributed by atoms with E-state index in [1.165, 1.54) is 0 Å². The van der Waals surface area contributed by atoms with Crippen molar-refractivity contribution in [1.82, 2.24) is 0 Å². The molecule has 0 N–H and O–H groups in total. The molecule has 4 nitrogen and oxygen atoms in total. The summed E-state index contributed by atoms with van der Waals surface area (Å²) in [5.41, 5.74) is 0. The SMILES string of the molecule is CC(Cl)COP(OCCOc1ccc(Cl)cc1Cl)OCC(C)Cl. The molecule has 1 rings (SSSR count). The van der Waals surface area contributed by atoms with Crippen LogP contribution in [-0.4, -0.2) is 37.2 Å². The van der Waals surface area contributed by atoms with Crippen LogP contribution in [0.3, 0.4) is 0 Å². The summed E-state index contributed by atoms with van der Waals surface area (Å²) >= 11 is 23.5. The van der Waals surface area contributed by atoms with Crippen LogP contribution in [0, 0.1) is 0 Å².